The number of aromatic hydroxyl groups is 1. The van der Waals surface area contributed by atoms with E-state index in [4.69, 9.17) is 19.8 Å². The largest absolute Gasteiger partial charge is 0.508 e. The van der Waals surface area contributed by atoms with Gasteiger partial charge < -0.3 is 14.6 Å². The highest BCUT2D eigenvalue weighted by Crippen LogP contribution is 2.18. The molecule has 0 amide bonds. The summed E-state index contributed by atoms with van der Waals surface area (Å²) in [6.45, 7) is 5.06. The molecule has 0 aromatic heterocycles. The number of carbonyl (C=O) groups excluding carboxylic acids is 1. The number of hydrogen-bond donors (Lipinski definition) is 1. The Hall–Kier alpha value is -2.06. The predicted octanol–water partition coefficient (Wildman–Crippen LogP) is 2.05. The van der Waals surface area contributed by atoms with Gasteiger partial charge in [0, 0.05) is 0 Å². The topological polar surface area (TPSA) is 79.5 Å². The van der Waals surface area contributed by atoms with E-state index >= 15 is 0 Å². The van der Waals surface area contributed by atoms with Gasteiger partial charge in [0.05, 0.1) is 6.10 Å². The molecule has 0 radical (unpaired) electrons. The molecular formula is C14H17NO4. The summed E-state index contributed by atoms with van der Waals surface area (Å²) in [6, 6.07) is 7.82. The molecule has 1 aromatic rings. The first kappa shape index (κ1) is 15.0. The van der Waals surface area contributed by atoms with E-state index in [2.05, 4.69) is 0 Å². The van der Waals surface area contributed by atoms with E-state index in [1.807, 2.05) is 6.07 Å². The van der Waals surface area contributed by atoms with Crippen molar-refractivity contribution >= 4 is 5.78 Å². The molecule has 2 atom stereocenters. The number of nitriles is 1. The molecule has 2 unspecified atom stereocenters. The lowest BCUT2D eigenvalue weighted by atomic mass is 10.1. The molecular weight excluding hydrogens is 246 g/mol. The molecule has 0 aliphatic carbocycles. The van der Waals surface area contributed by atoms with Crippen molar-refractivity contribution in [3.05, 3.63) is 24.3 Å². The minimum absolute atomic E-state index is 0.115. The summed E-state index contributed by atoms with van der Waals surface area (Å²) in [5, 5.41) is 18.1. The second-order valence-electron chi connectivity index (χ2n) is 4.35. The molecule has 1 N–H and O–H groups in total. The van der Waals surface area contributed by atoms with Crippen molar-refractivity contribution in [3.8, 4) is 17.6 Å². The maximum absolute atomic E-state index is 12.0. The number of nitrogens with zero attached hydrogens (tertiary/aromatic N) is 1. The Labute approximate surface area is 112 Å². The van der Waals surface area contributed by atoms with Crippen molar-refractivity contribution in [2.24, 2.45) is 0 Å². The van der Waals surface area contributed by atoms with Crippen LogP contribution in [0.5, 0.6) is 11.5 Å². The smallest absolute Gasteiger partial charge is 0.216 e. The number of carbonyl (C=O) groups is 1. The molecule has 5 heteroatoms. The quantitative estimate of drug-likeness (QED) is 0.849. The lowest BCUT2D eigenvalue weighted by Crippen LogP contribution is -2.36. The zero-order valence-corrected chi connectivity index (χ0v) is 11.2. The summed E-state index contributed by atoms with van der Waals surface area (Å²) in [5.41, 5.74) is 0. The van der Waals surface area contributed by atoms with Gasteiger partial charge in [0.15, 0.2) is 6.10 Å². The minimum Gasteiger partial charge on any atom is -0.508 e. The molecule has 0 fully saturated rings. The van der Waals surface area contributed by atoms with Crippen molar-refractivity contribution in [1.29, 1.82) is 5.26 Å². The summed E-state index contributed by atoms with van der Waals surface area (Å²) in [4.78, 5) is 12.0. The van der Waals surface area contributed by atoms with Gasteiger partial charge in [0.2, 0.25) is 11.9 Å². The second-order valence-corrected chi connectivity index (χ2v) is 4.35. The Bertz CT molecular complexity index is 461. The Morgan fingerprint density at radius 1 is 1.26 bits per heavy atom. The van der Waals surface area contributed by atoms with Crippen LogP contribution in [0.15, 0.2) is 24.3 Å². The normalized spacial score (nSPS) is 13.6. The molecule has 1 rings (SSSR count). The number of hydrogen-bond acceptors (Lipinski definition) is 5. The van der Waals surface area contributed by atoms with Crippen LogP contribution >= 0.6 is 0 Å². The summed E-state index contributed by atoms with van der Waals surface area (Å²) < 4.78 is 10.6. The number of rotatable bonds is 6. The van der Waals surface area contributed by atoms with Gasteiger partial charge in [-0.3, -0.25) is 4.79 Å². The van der Waals surface area contributed by atoms with Crippen molar-refractivity contribution in [2.75, 3.05) is 0 Å². The van der Waals surface area contributed by atoms with E-state index in [0.29, 0.717) is 5.75 Å². The Morgan fingerprint density at radius 2 is 1.84 bits per heavy atom. The number of benzene rings is 1. The maximum atomic E-state index is 12.0. The summed E-state index contributed by atoms with van der Waals surface area (Å²) >= 11 is 0. The van der Waals surface area contributed by atoms with Crippen LogP contribution in [0.25, 0.3) is 0 Å². The number of phenols is 1. The molecule has 0 aliphatic rings. The monoisotopic (exact) mass is 263 g/mol. The number of ketones is 1. The lowest BCUT2D eigenvalue weighted by Gasteiger charge is -2.18. The molecule has 102 valence electrons. The summed E-state index contributed by atoms with van der Waals surface area (Å²) in [7, 11) is 0. The van der Waals surface area contributed by atoms with E-state index in [0.717, 1.165) is 0 Å². The van der Waals surface area contributed by atoms with Gasteiger partial charge in [-0.2, -0.15) is 5.26 Å². The fourth-order valence-corrected chi connectivity index (χ4v) is 1.43. The standard InChI is InChI=1S/C14H17NO4/c1-9(2)18-13(8-15)14(17)10(3)19-12-6-4-11(16)5-7-12/h4-7,9-10,13,16H,1-3H3. The lowest BCUT2D eigenvalue weighted by molar-refractivity contribution is -0.135. The second kappa shape index (κ2) is 6.76. The average Bonchev–Trinajstić information content (AvgIpc) is 2.37. The number of ether oxygens (including phenoxy) is 2. The summed E-state index contributed by atoms with van der Waals surface area (Å²) in [6.07, 6.45) is -2.14. The van der Waals surface area contributed by atoms with E-state index in [-0.39, 0.29) is 11.9 Å². The molecule has 0 aliphatic heterocycles. The molecule has 0 bridgehead atoms. The van der Waals surface area contributed by atoms with E-state index in [9.17, 15) is 4.79 Å². The maximum Gasteiger partial charge on any atom is 0.216 e. The van der Waals surface area contributed by atoms with Crippen LogP contribution in [0.4, 0.5) is 0 Å². The molecule has 1 aromatic carbocycles. The van der Waals surface area contributed by atoms with Gasteiger partial charge in [-0.05, 0) is 45.0 Å². The van der Waals surface area contributed by atoms with Gasteiger partial charge >= 0.3 is 0 Å². The van der Waals surface area contributed by atoms with Gasteiger partial charge in [-0.15, -0.1) is 0 Å². The zero-order chi connectivity index (χ0) is 14.4. The van der Waals surface area contributed by atoms with Gasteiger partial charge in [-0.25, -0.2) is 0 Å². The Morgan fingerprint density at radius 3 is 2.32 bits per heavy atom. The van der Waals surface area contributed by atoms with Crippen molar-refractivity contribution in [1.82, 2.24) is 0 Å². The summed E-state index contributed by atoms with van der Waals surface area (Å²) in [5.74, 6) is 0.133. The van der Waals surface area contributed by atoms with E-state index in [1.165, 1.54) is 12.1 Å². The first-order chi connectivity index (χ1) is 8.93. The fourth-order valence-electron chi connectivity index (χ4n) is 1.43. The Kier molecular flexibility index (Phi) is 5.34. The Balaban J connectivity index is 2.66. The number of phenolic OH excluding ortho intramolecular Hbond substituents is 1. The third kappa shape index (κ3) is 4.60. The zero-order valence-electron chi connectivity index (χ0n) is 11.2. The van der Waals surface area contributed by atoms with Crippen LogP contribution < -0.4 is 4.74 Å². The van der Waals surface area contributed by atoms with Crippen molar-refractivity contribution in [2.45, 2.75) is 39.1 Å². The van der Waals surface area contributed by atoms with Crippen LogP contribution in [-0.4, -0.2) is 29.2 Å². The van der Waals surface area contributed by atoms with Crippen LogP contribution in [-0.2, 0) is 9.53 Å². The van der Waals surface area contributed by atoms with Crippen LogP contribution in [0.2, 0.25) is 0 Å². The van der Waals surface area contributed by atoms with Crippen LogP contribution in [0.1, 0.15) is 20.8 Å². The van der Waals surface area contributed by atoms with Gasteiger partial charge in [-0.1, -0.05) is 0 Å². The van der Waals surface area contributed by atoms with E-state index < -0.39 is 18.0 Å². The molecule has 19 heavy (non-hydrogen) atoms. The van der Waals surface area contributed by atoms with Crippen molar-refractivity contribution in [3.63, 3.8) is 0 Å². The van der Waals surface area contributed by atoms with Crippen molar-refractivity contribution < 1.29 is 19.4 Å². The first-order valence-electron chi connectivity index (χ1n) is 5.98. The highest BCUT2D eigenvalue weighted by molar-refractivity contribution is 5.89. The molecule has 0 saturated carbocycles. The predicted molar refractivity (Wildman–Crippen MR) is 68.8 cm³/mol. The number of Topliss-reactive ketones (excluding diaryl/α,β-unsaturated/α-hetero) is 1. The van der Waals surface area contributed by atoms with Gasteiger partial charge in [0.25, 0.3) is 0 Å². The van der Waals surface area contributed by atoms with Crippen LogP contribution in [0.3, 0.4) is 0 Å². The minimum atomic E-state index is -1.13. The van der Waals surface area contributed by atoms with Gasteiger partial charge in [0.1, 0.15) is 17.6 Å². The first-order valence-corrected chi connectivity index (χ1v) is 5.98. The molecule has 0 heterocycles. The fraction of sp³-hybridized carbons (Fsp3) is 0.429. The third-order valence-electron chi connectivity index (χ3n) is 2.33. The molecule has 5 nitrogen and oxygen atoms in total. The third-order valence-corrected chi connectivity index (χ3v) is 2.33. The highest BCUT2D eigenvalue weighted by atomic mass is 16.5. The highest BCUT2D eigenvalue weighted by Gasteiger charge is 2.26. The molecule has 0 spiro atoms. The SMILES string of the molecule is CC(C)OC(C#N)C(=O)C(C)Oc1ccc(O)cc1. The molecule has 0 saturated heterocycles. The van der Waals surface area contributed by atoms with Crippen LogP contribution in [0, 0.1) is 11.3 Å². The van der Waals surface area contributed by atoms with E-state index in [1.54, 1.807) is 32.9 Å². The average molecular weight is 263 g/mol.